The Balaban J connectivity index is 1.68. The van der Waals surface area contributed by atoms with Crippen LogP contribution in [0.5, 0.6) is 0 Å². The number of hydrogen-bond acceptors (Lipinski definition) is 6. The van der Waals surface area contributed by atoms with E-state index in [2.05, 4.69) is 4.40 Å². The highest BCUT2D eigenvalue weighted by Crippen LogP contribution is 2.19. The molecule has 3 rings (SSSR count). The van der Waals surface area contributed by atoms with Gasteiger partial charge in [0.1, 0.15) is 5.57 Å². The predicted octanol–water partition coefficient (Wildman–Crippen LogP) is 1.07. The molecule has 0 aliphatic carbocycles. The van der Waals surface area contributed by atoms with E-state index in [1.807, 2.05) is 30.3 Å². The monoisotopic (exact) mass is 403 g/mol. The number of nitrogens with zero attached hydrogens (tertiary/aromatic N) is 3. The summed E-state index contributed by atoms with van der Waals surface area (Å²) in [5, 5.41) is 0. The highest BCUT2D eigenvalue weighted by molar-refractivity contribution is 7.90. The first-order chi connectivity index (χ1) is 13.3. The van der Waals surface area contributed by atoms with Gasteiger partial charge in [0, 0.05) is 26.3 Å². The Morgan fingerprint density at radius 2 is 2.00 bits per heavy atom. The van der Waals surface area contributed by atoms with Crippen LogP contribution in [0.4, 0.5) is 0 Å². The number of esters is 1. The zero-order valence-electron chi connectivity index (χ0n) is 15.6. The lowest BCUT2D eigenvalue weighted by Crippen LogP contribution is -2.42. The van der Waals surface area contributed by atoms with Crippen LogP contribution >= 0.6 is 0 Å². The van der Waals surface area contributed by atoms with Gasteiger partial charge in [-0.25, -0.2) is 13.2 Å². The maximum Gasteiger partial charge on any atom is 0.342 e. The fourth-order valence-corrected chi connectivity index (χ4v) is 3.88. The number of amides is 1. The molecule has 0 unspecified atom stereocenters. The molecule has 2 aliphatic heterocycles. The second-order valence-electron chi connectivity index (χ2n) is 6.54. The summed E-state index contributed by atoms with van der Waals surface area (Å²) in [5.74, 6) is -1.25. The molecule has 8 nitrogen and oxygen atoms in total. The van der Waals surface area contributed by atoms with Crippen LogP contribution in [0, 0.1) is 0 Å². The minimum atomic E-state index is -3.62. The average molecular weight is 403 g/mol. The normalized spacial score (nSPS) is 18.4. The first-order valence-corrected chi connectivity index (χ1v) is 10.4. The van der Waals surface area contributed by atoms with E-state index in [-0.39, 0.29) is 29.6 Å². The molecule has 0 aromatic heterocycles. The maximum absolute atomic E-state index is 12.6. The maximum atomic E-state index is 12.6. The zero-order chi connectivity index (χ0) is 20.3. The topological polar surface area (TPSA) is 96.3 Å². The smallest absolute Gasteiger partial charge is 0.342 e. The number of fused-ring (bicyclic) bond motifs is 1. The lowest BCUT2D eigenvalue weighted by atomic mass is 10.1. The summed E-state index contributed by atoms with van der Waals surface area (Å²) in [6.07, 6.45) is 3.67. The zero-order valence-corrected chi connectivity index (χ0v) is 16.4. The fraction of sp³-hybridized carbons (Fsp3) is 0.316. The number of likely N-dealkylation sites (N-methyl/N-ethyl adjacent to an activating group) is 1. The lowest BCUT2D eigenvalue weighted by Gasteiger charge is -2.29. The van der Waals surface area contributed by atoms with Crippen LogP contribution in [0.1, 0.15) is 12.5 Å². The first kappa shape index (κ1) is 19.8. The number of amidine groups is 1. The van der Waals surface area contributed by atoms with Crippen molar-refractivity contribution >= 4 is 27.7 Å². The van der Waals surface area contributed by atoms with Crippen molar-refractivity contribution in [2.24, 2.45) is 4.40 Å². The number of benzene rings is 1. The van der Waals surface area contributed by atoms with E-state index in [0.29, 0.717) is 6.54 Å². The van der Waals surface area contributed by atoms with E-state index < -0.39 is 22.1 Å². The third-order valence-electron chi connectivity index (χ3n) is 4.35. The van der Waals surface area contributed by atoms with E-state index in [9.17, 15) is 18.0 Å². The summed E-state index contributed by atoms with van der Waals surface area (Å²) >= 11 is 0. The van der Waals surface area contributed by atoms with Crippen LogP contribution in [-0.4, -0.2) is 61.4 Å². The van der Waals surface area contributed by atoms with Crippen LogP contribution in [0.25, 0.3) is 0 Å². The summed E-state index contributed by atoms with van der Waals surface area (Å²) in [5.41, 5.74) is 0.963. The predicted molar refractivity (Wildman–Crippen MR) is 104 cm³/mol. The molecule has 2 aliphatic rings. The summed E-state index contributed by atoms with van der Waals surface area (Å²) in [7, 11) is -2.00. The first-order valence-electron chi connectivity index (χ1n) is 8.75. The lowest BCUT2D eigenvalue weighted by molar-refractivity contribution is -0.155. The summed E-state index contributed by atoms with van der Waals surface area (Å²) < 4.78 is 32.6. The molecule has 1 aromatic rings. The van der Waals surface area contributed by atoms with Gasteiger partial charge < -0.3 is 14.5 Å². The highest BCUT2D eigenvalue weighted by Gasteiger charge is 2.32. The van der Waals surface area contributed by atoms with Gasteiger partial charge >= 0.3 is 5.97 Å². The fourth-order valence-electron chi connectivity index (χ4n) is 2.90. The number of rotatable bonds is 5. The molecule has 0 fully saturated rings. The molecule has 2 heterocycles. The standard InChI is InChI=1S/C19H21N3O5S/c1-14(18(23)21(2)13-15-7-4-3-5-8-15)27-19(24)16-9-6-10-22-11-12-28(25,26)20-17(16)22/h3-10,14H,11-13H2,1-2H3/t14-/m1/s1. The van der Waals surface area contributed by atoms with Gasteiger partial charge in [-0.1, -0.05) is 30.3 Å². The van der Waals surface area contributed by atoms with Gasteiger partial charge in [0.05, 0.1) is 5.75 Å². The van der Waals surface area contributed by atoms with E-state index in [0.717, 1.165) is 5.56 Å². The van der Waals surface area contributed by atoms with Crippen molar-refractivity contribution in [2.75, 3.05) is 19.3 Å². The number of carbonyl (C=O) groups excluding carboxylic acids is 2. The molecule has 1 atom stereocenters. The molecular formula is C19H21N3O5S. The molecule has 9 heteroatoms. The molecule has 0 saturated heterocycles. The molecule has 0 spiro atoms. The molecule has 0 radical (unpaired) electrons. The van der Waals surface area contributed by atoms with Crippen molar-refractivity contribution < 1.29 is 22.7 Å². The number of sulfonamides is 1. The SMILES string of the molecule is C[C@@H](OC(=O)C1=CC=CN2CCS(=O)(=O)N=C12)C(=O)N(C)Cc1ccccc1. The summed E-state index contributed by atoms with van der Waals surface area (Å²) in [4.78, 5) is 28.1. The third-order valence-corrected chi connectivity index (χ3v) is 5.50. The van der Waals surface area contributed by atoms with Gasteiger partial charge in [0.15, 0.2) is 11.9 Å². The Morgan fingerprint density at radius 3 is 2.71 bits per heavy atom. The van der Waals surface area contributed by atoms with E-state index in [1.165, 1.54) is 17.9 Å². The number of carbonyl (C=O) groups is 2. The Morgan fingerprint density at radius 1 is 1.29 bits per heavy atom. The third kappa shape index (κ3) is 4.48. The minimum Gasteiger partial charge on any atom is -0.449 e. The number of allylic oxidation sites excluding steroid dienone is 2. The largest absolute Gasteiger partial charge is 0.449 e. The van der Waals surface area contributed by atoms with Crippen molar-refractivity contribution in [3.05, 3.63) is 59.8 Å². The molecule has 0 bridgehead atoms. The van der Waals surface area contributed by atoms with Crippen molar-refractivity contribution in [3.63, 3.8) is 0 Å². The molecule has 0 saturated carbocycles. The second-order valence-corrected chi connectivity index (χ2v) is 8.30. The van der Waals surface area contributed by atoms with Gasteiger partial charge in [-0.05, 0) is 24.6 Å². The molecular weight excluding hydrogens is 382 g/mol. The average Bonchev–Trinajstić information content (AvgIpc) is 2.66. The highest BCUT2D eigenvalue weighted by atomic mass is 32.2. The molecule has 1 aromatic carbocycles. The Hall–Kier alpha value is -2.94. The van der Waals surface area contributed by atoms with Crippen molar-refractivity contribution in [1.29, 1.82) is 0 Å². The molecule has 1 amide bonds. The second kappa shape index (κ2) is 7.97. The molecule has 0 N–H and O–H groups in total. The Kier molecular flexibility index (Phi) is 5.64. The van der Waals surface area contributed by atoms with Crippen molar-refractivity contribution in [3.8, 4) is 0 Å². The molecule has 148 valence electrons. The van der Waals surface area contributed by atoms with Crippen molar-refractivity contribution in [2.45, 2.75) is 19.6 Å². The number of hydrogen-bond donors (Lipinski definition) is 0. The van der Waals surface area contributed by atoms with Crippen LogP contribution < -0.4 is 0 Å². The quantitative estimate of drug-likeness (QED) is 0.683. The minimum absolute atomic E-state index is 0.0103. The van der Waals surface area contributed by atoms with Gasteiger partial charge in [0.25, 0.3) is 15.9 Å². The van der Waals surface area contributed by atoms with Gasteiger partial charge in [-0.15, -0.1) is 4.40 Å². The van der Waals surface area contributed by atoms with Gasteiger partial charge in [-0.2, -0.15) is 0 Å². The van der Waals surface area contributed by atoms with Crippen LogP contribution in [-0.2, 0) is 30.9 Å². The Bertz CT molecular complexity index is 967. The van der Waals surface area contributed by atoms with E-state index in [1.54, 1.807) is 24.2 Å². The van der Waals surface area contributed by atoms with E-state index in [4.69, 9.17) is 4.74 Å². The Labute approximate surface area is 163 Å². The summed E-state index contributed by atoms with van der Waals surface area (Å²) in [6, 6.07) is 9.45. The van der Waals surface area contributed by atoms with Crippen LogP contribution in [0.2, 0.25) is 0 Å². The van der Waals surface area contributed by atoms with Gasteiger partial charge in [0.2, 0.25) is 0 Å². The number of ether oxygens (including phenoxy) is 1. The van der Waals surface area contributed by atoms with Crippen LogP contribution in [0.15, 0.2) is 58.7 Å². The van der Waals surface area contributed by atoms with Crippen molar-refractivity contribution in [1.82, 2.24) is 9.80 Å². The van der Waals surface area contributed by atoms with E-state index >= 15 is 0 Å². The summed E-state index contributed by atoms with van der Waals surface area (Å²) in [6.45, 7) is 2.07. The van der Waals surface area contributed by atoms with Crippen LogP contribution in [0.3, 0.4) is 0 Å². The van der Waals surface area contributed by atoms with Gasteiger partial charge in [-0.3, -0.25) is 4.79 Å². The molecule has 28 heavy (non-hydrogen) atoms.